The smallest absolute Gasteiger partial charge is 0.221 e. The number of unbranched alkanes of at least 4 members (excludes halogenated alkanes) is 1. The van der Waals surface area contributed by atoms with Gasteiger partial charge in [-0.1, -0.05) is 0 Å². The lowest BCUT2D eigenvalue weighted by Crippen LogP contribution is -1.93. The fraction of sp³-hybridized carbons (Fsp3) is 0.364. The standard InChI is InChI=1S/C11H12ClN3OS/c12-9(16)3-1-2-8-17-11-5-4-10-13-6-7-15(10)14-11/h4-7H,1-3,8H2. The molecule has 0 aliphatic heterocycles. The number of aromatic nitrogens is 3. The summed E-state index contributed by atoms with van der Waals surface area (Å²) in [4.78, 5) is 14.7. The number of fused-ring (bicyclic) bond motifs is 1. The molecule has 0 aromatic carbocycles. The van der Waals surface area contributed by atoms with E-state index in [4.69, 9.17) is 11.6 Å². The van der Waals surface area contributed by atoms with Crippen LogP contribution < -0.4 is 0 Å². The number of hydrogen-bond donors (Lipinski definition) is 0. The highest BCUT2D eigenvalue weighted by molar-refractivity contribution is 7.99. The van der Waals surface area contributed by atoms with Gasteiger partial charge in [0.1, 0.15) is 5.03 Å². The summed E-state index contributed by atoms with van der Waals surface area (Å²) in [6.45, 7) is 0. The molecule has 0 saturated heterocycles. The van der Waals surface area contributed by atoms with E-state index >= 15 is 0 Å². The molecule has 0 N–H and O–H groups in total. The van der Waals surface area contributed by atoms with Gasteiger partial charge >= 0.3 is 0 Å². The first-order chi connectivity index (χ1) is 8.25. The fourth-order valence-electron chi connectivity index (χ4n) is 1.42. The Kier molecular flexibility index (Phi) is 4.39. The number of nitrogens with zero attached hydrogens (tertiary/aromatic N) is 3. The highest BCUT2D eigenvalue weighted by Gasteiger charge is 2.00. The number of hydrogen-bond acceptors (Lipinski definition) is 4. The van der Waals surface area contributed by atoms with Crippen molar-refractivity contribution in [2.45, 2.75) is 24.3 Å². The van der Waals surface area contributed by atoms with Crippen molar-refractivity contribution in [3.63, 3.8) is 0 Å². The summed E-state index contributed by atoms with van der Waals surface area (Å²) in [5.41, 5.74) is 0.849. The number of imidazole rings is 1. The lowest BCUT2D eigenvalue weighted by Gasteiger charge is -2.00. The molecule has 2 aromatic rings. The summed E-state index contributed by atoms with van der Waals surface area (Å²) in [5, 5.41) is 5.10. The Morgan fingerprint density at radius 3 is 3.12 bits per heavy atom. The summed E-state index contributed by atoms with van der Waals surface area (Å²) in [5.74, 6) is 0.942. The average Bonchev–Trinajstić information content (AvgIpc) is 2.75. The molecule has 6 heteroatoms. The van der Waals surface area contributed by atoms with Gasteiger partial charge in [0.05, 0.1) is 0 Å². The molecule has 0 aliphatic rings. The molecule has 0 saturated carbocycles. The van der Waals surface area contributed by atoms with E-state index in [1.54, 1.807) is 22.5 Å². The molecule has 2 heterocycles. The molecule has 90 valence electrons. The van der Waals surface area contributed by atoms with E-state index in [1.807, 2.05) is 18.3 Å². The monoisotopic (exact) mass is 269 g/mol. The number of halogens is 1. The number of rotatable bonds is 6. The minimum absolute atomic E-state index is 0.257. The molecule has 0 aliphatic carbocycles. The maximum Gasteiger partial charge on any atom is 0.221 e. The van der Waals surface area contributed by atoms with E-state index in [1.165, 1.54) is 0 Å². The predicted octanol–water partition coefficient (Wildman–Crippen LogP) is 2.76. The van der Waals surface area contributed by atoms with E-state index in [0.717, 1.165) is 29.3 Å². The second-order valence-electron chi connectivity index (χ2n) is 3.56. The van der Waals surface area contributed by atoms with Crippen LogP contribution in [0.2, 0.25) is 0 Å². The van der Waals surface area contributed by atoms with Crippen LogP contribution in [0.3, 0.4) is 0 Å². The third kappa shape index (κ3) is 3.71. The van der Waals surface area contributed by atoms with Crippen LogP contribution in [0.15, 0.2) is 29.6 Å². The number of carbonyl (C=O) groups is 1. The lowest BCUT2D eigenvalue weighted by molar-refractivity contribution is -0.111. The topological polar surface area (TPSA) is 47.3 Å². The first kappa shape index (κ1) is 12.4. The van der Waals surface area contributed by atoms with Gasteiger partial charge in [-0.3, -0.25) is 4.79 Å². The largest absolute Gasteiger partial charge is 0.281 e. The molecule has 4 nitrogen and oxygen atoms in total. The summed E-state index contributed by atoms with van der Waals surface area (Å²) >= 11 is 6.93. The Balaban J connectivity index is 1.80. The van der Waals surface area contributed by atoms with Gasteiger partial charge in [-0.05, 0) is 42.3 Å². The summed E-state index contributed by atoms with van der Waals surface area (Å²) in [6.07, 6.45) is 5.81. The molecule has 2 rings (SSSR count). The van der Waals surface area contributed by atoms with Gasteiger partial charge < -0.3 is 0 Å². The van der Waals surface area contributed by atoms with Crippen LogP contribution in [-0.2, 0) is 4.79 Å². The zero-order valence-electron chi connectivity index (χ0n) is 9.17. The third-order valence-electron chi connectivity index (χ3n) is 2.25. The minimum atomic E-state index is -0.257. The van der Waals surface area contributed by atoms with Crippen LogP contribution in [0.25, 0.3) is 5.65 Å². The van der Waals surface area contributed by atoms with E-state index in [2.05, 4.69) is 10.1 Å². The molecule has 0 spiro atoms. The van der Waals surface area contributed by atoms with Crippen molar-refractivity contribution in [1.29, 1.82) is 0 Å². The Bertz CT molecular complexity index is 514. The van der Waals surface area contributed by atoms with Gasteiger partial charge in [-0.25, -0.2) is 9.50 Å². The molecule has 0 bridgehead atoms. The van der Waals surface area contributed by atoms with Gasteiger partial charge in [0.2, 0.25) is 5.24 Å². The van der Waals surface area contributed by atoms with Crippen molar-refractivity contribution in [3.8, 4) is 0 Å². The summed E-state index contributed by atoms with van der Waals surface area (Å²) in [6, 6.07) is 3.90. The van der Waals surface area contributed by atoms with Crippen LogP contribution in [-0.4, -0.2) is 25.6 Å². The Morgan fingerprint density at radius 1 is 1.41 bits per heavy atom. The normalized spacial score (nSPS) is 10.9. The highest BCUT2D eigenvalue weighted by Crippen LogP contribution is 2.17. The SMILES string of the molecule is O=C(Cl)CCCCSc1ccc2nccn2n1. The van der Waals surface area contributed by atoms with Crippen molar-refractivity contribution in [1.82, 2.24) is 14.6 Å². The van der Waals surface area contributed by atoms with Crippen molar-refractivity contribution < 1.29 is 4.79 Å². The van der Waals surface area contributed by atoms with E-state index in [0.29, 0.717) is 6.42 Å². The Labute approximate surface area is 108 Å². The maximum absolute atomic E-state index is 10.5. The molecule has 0 fully saturated rings. The molecular formula is C11H12ClN3OS. The van der Waals surface area contributed by atoms with Crippen molar-refractivity contribution in [2.24, 2.45) is 0 Å². The molecule has 17 heavy (non-hydrogen) atoms. The van der Waals surface area contributed by atoms with Gasteiger partial charge in [0.15, 0.2) is 5.65 Å². The Hall–Kier alpha value is -1.07. The van der Waals surface area contributed by atoms with Crippen LogP contribution in [0.1, 0.15) is 19.3 Å². The fourth-order valence-corrected chi connectivity index (χ4v) is 2.42. The molecule has 0 radical (unpaired) electrons. The highest BCUT2D eigenvalue weighted by atomic mass is 35.5. The van der Waals surface area contributed by atoms with Crippen LogP contribution in [0, 0.1) is 0 Å². The summed E-state index contributed by atoms with van der Waals surface area (Å²) < 4.78 is 1.75. The van der Waals surface area contributed by atoms with Crippen molar-refractivity contribution in [3.05, 3.63) is 24.5 Å². The van der Waals surface area contributed by atoms with E-state index in [9.17, 15) is 4.79 Å². The molecule has 0 amide bonds. The molecule has 2 aromatic heterocycles. The second kappa shape index (κ2) is 6.02. The first-order valence-electron chi connectivity index (χ1n) is 5.37. The van der Waals surface area contributed by atoms with E-state index < -0.39 is 0 Å². The summed E-state index contributed by atoms with van der Waals surface area (Å²) in [7, 11) is 0. The zero-order valence-corrected chi connectivity index (χ0v) is 10.7. The minimum Gasteiger partial charge on any atom is -0.281 e. The van der Waals surface area contributed by atoms with Gasteiger partial charge in [-0.15, -0.1) is 11.8 Å². The number of thioether (sulfide) groups is 1. The van der Waals surface area contributed by atoms with Crippen molar-refractivity contribution in [2.75, 3.05) is 5.75 Å². The molecule has 0 unspecified atom stereocenters. The maximum atomic E-state index is 10.5. The number of carbonyl (C=O) groups excluding carboxylic acids is 1. The second-order valence-corrected chi connectivity index (χ2v) is 5.10. The third-order valence-corrected chi connectivity index (χ3v) is 3.44. The van der Waals surface area contributed by atoms with Crippen LogP contribution in [0.4, 0.5) is 0 Å². The molecule has 0 atom stereocenters. The lowest BCUT2D eigenvalue weighted by atomic mass is 10.3. The molecular weight excluding hydrogens is 258 g/mol. The van der Waals surface area contributed by atoms with Gasteiger partial charge in [0.25, 0.3) is 0 Å². The van der Waals surface area contributed by atoms with Crippen molar-refractivity contribution >= 4 is 34.3 Å². The Morgan fingerprint density at radius 2 is 2.29 bits per heavy atom. The average molecular weight is 270 g/mol. The van der Waals surface area contributed by atoms with Gasteiger partial charge in [0, 0.05) is 18.8 Å². The quantitative estimate of drug-likeness (QED) is 0.460. The van der Waals surface area contributed by atoms with E-state index in [-0.39, 0.29) is 5.24 Å². The predicted molar refractivity (Wildman–Crippen MR) is 68.4 cm³/mol. The zero-order chi connectivity index (χ0) is 12.1. The van der Waals surface area contributed by atoms with Crippen LogP contribution in [0.5, 0.6) is 0 Å². The first-order valence-corrected chi connectivity index (χ1v) is 6.73. The van der Waals surface area contributed by atoms with Gasteiger partial charge in [-0.2, -0.15) is 5.10 Å². The van der Waals surface area contributed by atoms with Crippen LogP contribution >= 0.6 is 23.4 Å².